The molecule has 0 fully saturated rings. The average molecular weight is 187 g/mol. The molecule has 0 bridgehead atoms. The van der Waals surface area contributed by atoms with Gasteiger partial charge < -0.3 is 0 Å². The topological polar surface area (TPSA) is 0 Å². The Bertz CT molecular complexity index is 163. The fourth-order valence-corrected chi connectivity index (χ4v) is 1.84. The Morgan fingerprint density at radius 1 is 1.56 bits per heavy atom. The number of allylic oxidation sites excluding steroid dienone is 4. The lowest BCUT2D eigenvalue weighted by Gasteiger charge is -2.21. The van der Waals surface area contributed by atoms with Crippen LogP contribution in [0.2, 0.25) is 0 Å². The maximum absolute atomic E-state index is 3.47. The van der Waals surface area contributed by atoms with Crippen LogP contribution in [0.15, 0.2) is 22.7 Å². The highest BCUT2D eigenvalue weighted by atomic mass is 79.9. The maximum Gasteiger partial charge on any atom is -0.00411 e. The van der Waals surface area contributed by atoms with E-state index in [0.717, 1.165) is 6.42 Å². The van der Waals surface area contributed by atoms with E-state index in [9.17, 15) is 0 Å². The van der Waals surface area contributed by atoms with Gasteiger partial charge in [0, 0.05) is 0 Å². The summed E-state index contributed by atoms with van der Waals surface area (Å²) in [6.07, 6.45) is 7.57. The van der Waals surface area contributed by atoms with E-state index in [1.165, 1.54) is 4.48 Å². The summed E-state index contributed by atoms with van der Waals surface area (Å²) < 4.78 is 1.30. The first-order chi connectivity index (χ1) is 4.10. The van der Waals surface area contributed by atoms with Gasteiger partial charge in [0.25, 0.3) is 0 Å². The minimum atomic E-state index is 0.355. The fourth-order valence-electron chi connectivity index (χ4n) is 0.966. The Morgan fingerprint density at radius 3 is 2.56 bits per heavy atom. The molecule has 0 heterocycles. The molecule has 0 radical (unpaired) electrons. The molecule has 0 aromatic heterocycles. The summed E-state index contributed by atoms with van der Waals surface area (Å²) in [7, 11) is 0. The van der Waals surface area contributed by atoms with Gasteiger partial charge in [-0.1, -0.05) is 48.0 Å². The van der Waals surface area contributed by atoms with Crippen LogP contribution in [-0.2, 0) is 0 Å². The van der Waals surface area contributed by atoms with Gasteiger partial charge in [-0.15, -0.1) is 0 Å². The first-order valence-electron chi connectivity index (χ1n) is 3.14. The summed E-state index contributed by atoms with van der Waals surface area (Å²) in [6, 6.07) is 0. The van der Waals surface area contributed by atoms with Crippen molar-refractivity contribution >= 4 is 15.9 Å². The highest BCUT2D eigenvalue weighted by molar-refractivity contribution is 9.11. The first kappa shape index (κ1) is 7.07. The van der Waals surface area contributed by atoms with Gasteiger partial charge in [0.1, 0.15) is 0 Å². The lowest BCUT2D eigenvalue weighted by Crippen LogP contribution is -2.08. The molecule has 1 aliphatic rings. The second-order valence-electron chi connectivity index (χ2n) is 3.14. The van der Waals surface area contributed by atoms with Crippen molar-refractivity contribution < 1.29 is 0 Å². The molecule has 0 amide bonds. The van der Waals surface area contributed by atoms with Crippen molar-refractivity contribution in [2.24, 2.45) is 5.41 Å². The van der Waals surface area contributed by atoms with Crippen LogP contribution in [0.25, 0.3) is 0 Å². The van der Waals surface area contributed by atoms with Crippen molar-refractivity contribution in [2.75, 3.05) is 0 Å². The van der Waals surface area contributed by atoms with Gasteiger partial charge >= 0.3 is 0 Å². The van der Waals surface area contributed by atoms with Crippen LogP contribution in [0.5, 0.6) is 0 Å². The van der Waals surface area contributed by atoms with Crippen LogP contribution in [0.1, 0.15) is 20.3 Å². The molecule has 1 aliphatic carbocycles. The van der Waals surface area contributed by atoms with E-state index in [1.807, 2.05) is 0 Å². The van der Waals surface area contributed by atoms with Crippen molar-refractivity contribution in [3.05, 3.63) is 22.7 Å². The third-order valence-corrected chi connectivity index (χ3v) is 1.99. The molecule has 0 unspecified atom stereocenters. The van der Waals surface area contributed by atoms with E-state index in [1.54, 1.807) is 0 Å². The summed E-state index contributed by atoms with van der Waals surface area (Å²) in [4.78, 5) is 0. The summed E-state index contributed by atoms with van der Waals surface area (Å²) in [5, 5.41) is 0. The molecule has 0 N–H and O–H groups in total. The lowest BCUT2D eigenvalue weighted by molar-refractivity contribution is 0.481. The van der Waals surface area contributed by atoms with Gasteiger partial charge in [-0.05, 0) is 16.3 Å². The van der Waals surface area contributed by atoms with E-state index in [0.29, 0.717) is 5.41 Å². The molecular formula is C8H11Br. The SMILES string of the molecule is CC1(C)C=CC=C(Br)C1. The molecule has 50 valence electrons. The summed E-state index contributed by atoms with van der Waals surface area (Å²) in [5.41, 5.74) is 0.355. The van der Waals surface area contributed by atoms with Gasteiger partial charge in [0.2, 0.25) is 0 Å². The molecule has 1 rings (SSSR count). The van der Waals surface area contributed by atoms with Crippen molar-refractivity contribution in [1.82, 2.24) is 0 Å². The molecule has 0 aliphatic heterocycles. The summed E-state index contributed by atoms with van der Waals surface area (Å²) >= 11 is 3.47. The zero-order valence-corrected chi connectivity index (χ0v) is 7.40. The monoisotopic (exact) mass is 186 g/mol. The zero-order chi connectivity index (χ0) is 6.91. The van der Waals surface area contributed by atoms with Gasteiger partial charge in [0.05, 0.1) is 0 Å². The van der Waals surface area contributed by atoms with Gasteiger partial charge in [-0.3, -0.25) is 0 Å². The van der Waals surface area contributed by atoms with E-state index in [4.69, 9.17) is 0 Å². The van der Waals surface area contributed by atoms with Crippen molar-refractivity contribution in [1.29, 1.82) is 0 Å². The predicted molar refractivity (Wildman–Crippen MR) is 44.5 cm³/mol. The lowest BCUT2D eigenvalue weighted by atomic mass is 9.86. The Labute approximate surface area is 64.8 Å². The van der Waals surface area contributed by atoms with Crippen LogP contribution < -0.4 is 0 Å². The highest BCUT2D eigenvalue weighted by Crippen LogP contribution is 2.32. The Morgan fingerprint density at radius 2 is 2.22 bits per heavy atom. The van der Waals surface area contributed by atoms with Crippen molar-refractivity contribution in [3.8, 4) is 0 Å². The van der Waals surface area contributed by atoms with E-state index in [-0.39, 0.29) is 0 Å². The number of rotatable bonds is 0. The second-order valence-corrected chi connectivity index (χ2v) is 4.16. The third-order valence-electron chi connectivity index (χ3n) is 1.45. The summed E-state index contributed by atoms with van der Waals surface area (Å²) in [6.45, 7) is 4.47. The fraction of sp³-hybridized carbons (Fsp3) is 0.500. The normalized spacial score (nSPS) is 23.7. The molecule has 0 saturated carbocycles. The van der Waals surface area contributed by atoms with E-state index < -0.39 is 0 Å². The largest absolute Gasteiger partial charge is 0.0785 e. The van der Waals surface area contributed by atoms with Gasteiger partial charge in [0.15, 0.2) is 0 Å². The smallest absolute Gasteiger partial charge is 0.00411 e. The maximum atomic E-state index is 3.47. The van der Waals surface area contributed by atoms with Crippen molar-refractivity contribution in [3.63, 3.8) is 0 Å². The minimum Gasteiger partial charge on any atom is -0.0785 e. The molecule has 1 heteroatoms. The molecule has 0 atom stereocenters. The highest BCUT2D eigenvalue weighted by Gasteiger charge is 2.16. The van der Waals surface area contributed by atoms with Crippen LogP contribution >= 0.6 is 15.9 Å². The molecule has 9 heavy (non-hydrogen) atoms. The number of hydrogen-bond donors (Lipinski definition) is 0. The van der Waals surface area contributed by atoms with E-state index in [2.05, 4.69) is 48.0 Å². The zero-order valence-electron chi connectivity index (χ0n) is 5.82. The van der Waals surface area contributed by atoms with Crippen LogP contribution in [0, 0.1) is 5.41 Å². The first-order valence-corrected chi connectivity index (χ1v) is 3.93. The van der Waals surface area contributed by atoms with Gasteiger partial charge in [-0.2, -0.15) is 0 Å². The number of halogens is 1. The van der Waals surface area contributed by atoms with Crippen LogP contribution in [0.3, 0.4) is 0 Å². The quantitative estimate of drug-likeness (QED) is 0.546. The summed E-state index contributed by atoms with van der Waals surface area (Å²) in [5.74, 6) is 0. The number of hydrogen-bond acceptors (Lipinski definition) is 0. The molecule has 0 nitrogen and oxygen atoms in total. The van der Waals surface area contributed by atoms with Crippen LogP contribution in [-0.4, -0.2) is 0 Å². The van der Waals surface area contributed by atoms with E-state index >= 15 is 0 Å². The third kappa shape index (κ3) is 1.98. The molecule has 0 aromatic carbocycles. The molecule has 0 aromatic rings. The second kappa shape index (κ2) is 2.30. The molecule has 0 spiro atoms. The van der Waals surface area contributed by atoms with Crippen molar-refractivity contribution in [2.45, 2.75) is 20.3 Å². The Hall–Kier alpha value is -0.0400. The minimum absolute atomic E-state index is 0.355. The van der Waals surface area contributed by atoms with Gasteiger partial charge in [-0.25, -0.2) is 0 Å². The standard InChI is InChI=1S/C8H11Br/c1-8(2)5-3-4-7(9)6-8/h3-5H,6H2,1-2H3. The Balaban J connectivity index is 2.73. The molecule has 0 saturated heterocycles. The average Bonchev–Trinajstić information content (AvgIpc) is 1.60. The Kier molecular flexibility index (Phi) is 1.80. The van der Waals surface area contributed by atoms with Crippen LogP contribution in [0.4, 0.5) is 0 Å². The predicted octanol–water partition coefficient (Wildman–Crippen LogP) is 3.25. The molecular weight excluding hydrogens is 176 g/mol.